The summed E-state index contributed by atoms with van der Waals surface area (Å²) in [6.07, 6.45) is 11.0. The van der Waals surface area contributed by atoms with E-state index >= 15 is 0 Å². The molecule has 0 aliphatic carbocycles. The minimum absolute atomic E-state index is 1.25. The molecule has 0 spiro atoms. The minimum Gasteiger partial charge on any atom is -0.162 e. The lowest BCUT2D eigenvalue weighted by Crippen LogP contribution is -1.88. The lowest BCUT2D eigenvalue weighted by Gasteiger charge is -2.03. The van der Waals surface area contributed by atoms with Crippen LogP contribution in [0.4, 0.5) is 0 Å². The number of unbranched alkanes of at least 4 members (excludes halogenated alkanes) is 5. The highest BCUT2D eigenvalue weighted by molar-refractivity contribution is 7.99. The Kier molecular flexibility index (Phi) is 10.1. The molecule has 0 saturated heterocycles. The fourth-order valence-electron chi connectivity index (χ4n) is 2.09. The van der Waals surface area contributed by atoms with Gasteiger partial charge in [-0.25, -0.2) is 0 Å². The summed E-state index contributed by atoms with van der Waals surface area (Å²) in [5, 5.41) is 0. The minimum atomic E-state index is 1.25. The molecule has 0 amide bonds. The molecule has 0 heterocycles. The number of thioether (sulfide) groups is 1. The standard InChI is InChI=1S/C17H28S/c1-2-3-4-10-15-18-16-11-6-9-14-17-12-7-5-8-13-17/h5,7-8,12-13H,2-4,6,9-11,14-16H2,1H3. The van der Waals surface area contributed by atoms with Crippen LogP contribution in [0.25, 0.3) is 0 Å². The summed E-state index contributed by atoms with van der Waals surface area (Å²) in [4.78, 5) is 0. The monoisotopic (exact) mass is 264 g/mol. The Morgan fingerprint density at radius 3 is 2.11 bits per heavy atom. The maximum atomic E-state index is 2.28. The van der Waals surface area contributed by atoms with Crippen molar-refractivity contribution in [3.63, 3.8) is 0 Å². The van der Waals surface area contributed by atoms with E-state index in [4.69, 9.17) is 0 Å². The molecular weight excluding hydrogens is 236 g/mol. The van der Waals surface area contributed by atoms with Crippen LogP contribution in [0, 0.1) is 0 Å². The molecule has 0 atom stereocenters. The van der Waals surface area contributed by atoms with Crippen LogP contribution < -0.4 is 0 Å². The van der Waals surface area contributed by atoms with Crippen LogP contribution in [-0.2, 0) is 6.42 Å². The molecule has 0 unspecified atom stereocenters. The van der Waals surface area contributed by atoms with Crippen LogP contribution in [0.1, 0.15) is 57.4 Å². The molecule has 102 valence electrons. The number of benzene rings is 1. The Bertz CT molecular complexity index is 268. The summed E-state index contributed by atoms with van der Waals surface area (Å²) in [6.45, 7) is 2.28. The van der Waals surface area contributed by atoms with Gasteiger partial charge in [0.05, 0.1) is 0 Å². The molecule has 0 aliphatic rings. The molecule has 0 N–H and O–H groups in total. The van der Waals surface area contributed by atoms with Crippen molar-refractivity contribution in [2.75, 3.05) is 11.5 Å². The predicted molar refractivity (Wildman–Crippen MR) is 85.5 cm³/mol. The lowest BCUT2D eigenvalue weighted by atomic mass is 10.1. The van der Waals surface area contributed by atoms with E-state index in [1.807, 2.05) is 0 Å². The van der Waals surface area contributed by atoms with Crippen molar-refractivity contribution < 1.29 is 0 Å². The molecule has 0 saturated carbocycles. The van der Waals surface area contributed by atoms with Gasteiger partial charge in [-0.05, 0) is 42.8 Å². The summed E-state index contributed by atoms with van der Waals surface area (Å²) in [7, 11) is 0. The van der Waals surface area contributed by atoms with E-state index < -0.39 is 0 Å². The van der Waals surface area contributed by atoms with Gasteiger partial charge >= 0.3 is 0 Å². The summed E-state index contributed by atoms with van der Waals surface area (Å²) in [5.41, 5.74) is 1.49. The first-order valence-electron chi connectivity index (χ1n) is 7.55. The zero-order valence-electron chi connectivity index (χ0n) is 11.9. The van der Waals surface area contributed by atoms with Crippen LogP contribution in [0.2, 0.25) is 0 Å². The van der Waals surface area contributed by atoms with Gasteiger partial charge in [0.1, 0.15) is 0 Å². The molecule has 0 aliphatic heterocycles. The molecule has 1 aromatic carbocycles. The highest BCUT2D eigenvalue weighted by atomic mass is 32.2. The summed E-state index contributed by atoms with van der Waals surface area (Å²) in [6, 6.07) is 10.9. The Hall–Kier alpha value is -0.430. The van der Waals surface area contributed by atoms with Gasteiger partial charge in [0.25, 0.3) is 0 Å². The second kappa shape index (κ2) is 11.6. The van der Waals surface area contributed by atoms with E-state index in [0.717, 1.165) is 0 Å². The van der Waals surface area contributed by atoms with Crippen molar-refractivity contribution in [1.29, 1.82) is 0 Å². The van der Waals surface area contributed by atoms with E-state index in [-0.39, 0.29) is 0 Å². The fraction of sp³-hybridized carbons (Fsp3) is 0.647. The third-order valence-corrected chi connectivity index (χ3v) is 4.39. The van der Waals surface area contributed by atoms with Crippen molar-refractivity contribution in [2.24, 2.45) is 0 Å². The first kappa shape index (κ1) is 15.6. The zero-order chi connectivity index (χ0) is 12.9. The fourth-order valence-corrected chi connectivity index (χ4v) is 3.11. The highest BCUT2D eigenvalue weighted by Crippen LogP contribution is 2.12. The number of rotatable bonds is 11. The van der Waals surface area contributed by atoms with Gasteiger partial charge in [-0.2, -0.15) is 11.8 Å². The van der Waals surface area contributed by atoms with Crippen LogP contribution in [-0.4, -0.2) is 11.5 Å². The van der Waals surface area contributed by atoms with E-state index in [1.165, 1.54) is 68.4 Å². The quantitative estimate of drug-likeness (QED) is 0.461. The Balaban J connectivity index is 1.82. The van der Waals surface area contributed by atoms with E-state index in [1.54, 1.807) is 0 Å². The number of aryl methyl sites for hydroxylation is 1. The molecule has 0 nitrogen and oxygen atoms in total. The first-order valence-corrected chi connectivity index (χ1v) is 8.70. The van der Waals surface area contributed by atoms with Crippen LogP contribution in [0.5, 0.6) is 0 Å². The Morgan fingerprint density at radius 1 is 0.778 bits per heavy atom. The van der Waals surface area contributed by atoms with Crippen molar-refractivity contribution in [3.8, 4) is 0 Å². The van der Waals surface area contributed by atoms with Crippen molar-refractivity contribution >= 4 is 11.8 Å². The smallest absolute Gasteiger partial charge is 0.00675 e. The largest absolute Gasteiger partial charge is 0.162 e. The molecule has 0 bridgehead atoms. The van der Waals surface area contributed by atoms with Gasteiger partial charge in [-0.15, -0.1) is 0 Å². The lowest BCUT2D eigenvalue weighted by molar-refractivity contribution is 0.704. The SMILES string of the molecule is CCCCCCSCCCCCc1ccccc1. The van der Waals surface area contributed by atoms with Gasteiger partial charge in [-0.1, -0.05) is 62.9 Å². The van der Waals surface area contributed by atoms with E-state index in [0.29, 0.717) is 0 Å². The van der Waals surface area contributed by atoms with E-state index in [9.17, 15) is 0 Å². The van der Waals surface area contributed by atoms with Crippen molar-refractivity contribution in [1.82, 2.24) is 0 Å². The summed E-state index contributed by atoms with van der Waals surface area (Å²) >= 11 is 2.15. The van der Waals surface area contributed by atoms with Gasteiger partial charge in [-0.3, -0.25) is 0 Å². The van der Waals surface area contributed by atoms with Crippen LogP contribution >= 0.6 is 11.8 Å². The molecule has 0 fully saturated rings. The predicted octanol–water partition coefficient (Wildman–Crippen LogP) is 5.71. The Labute approximate surface area is 118 Å². The van der Waals surface area contributed by atoms with Crippen LogP contribution in [0.3, 0.4) is 0 Å². The third-order valence-electron chi connectivity index (χ3n) is 3.24. The average molecular weight is 264 g/mol. The average Bonchev–Trinajstić information content (AvgIpc) is 2.42. The molecule has 1 rings (SSSR count). The van der Waals surface area contributed by atoms with Gasteiger partial charge in [0.15, 0.2) is 0 Å². The second-order valence-electron chi connectivity index (χ2n) is 4.97. The molecule has 0 aromatic heterocycles. The highest BCUT2D eigenvalue weighted by Gasteiger charge is 1.94. The van der Waals surface area contributed by atoms with Crippen molar-refractivity contribution in [3.05, 3.63) is 35.9 Å². The van der Waals surface area contributed by atoms with Gasteiger partial charge < -0.3 is 0 Å². The summed E-state index contributed by atoms with van der Waals surface area (Å²) in [5.74, 6) is 2.74. The maximum absolute atomic E-state index is 2.28. The molecule has 0 radical (unpaired) electrons. The van der Waals surface area contributed by atoms with Gasteiger partial charge in [0, 0.05) is 0 Å². The molecule has 1 aromatic rings. The zero-order valence-corrected chi connectivity index (χ0v) is 12.7. The summed E-state index contributed by atoms with van der Waals surface area (Å²) < 4.78 is 0. The third kappa shape index (κ3) is 8.63. The normalized spacial score (nSPS) is 10.7. The molecular formula is C17H28S. The number of hydrogen-bond acceptors (Lipinski definition) is 1. The van der Waals surface area contributed by atoms with E-state index in [2.05, 4.69) is 49.0 Å². The maximum Gasteiger partial charge on any atom is -0.00675 e. The topological polar surface area (TPSA) is 0 Å². The Morgan fingerprint density at radius 2 is 1.44 bits per heavy atom. The van der Waals surface area contributed by atoms with Gasteiger partial charge in [0.2, 0.25) is 0 Å². The van der Waals surface area contributed by atoms with Crippen LogP contribution in [0.15, 0.2) is 30.3 Å². The molecule has 1 heteroatoms. The molecule has 18 heavy (non-hydrogen) atoms. The first-order chi connectivity index (χ1) is 8.93. The number of hydrogen-bond donors (Lipinski definition) is 0. The second-order valence-corrected chi connectivity index (χ2v) is 6.19. The van der Waals surface area contributed by atoms with Crippen molar-refractivity contribution in [2.45, 2.75) is 58.3 Å².